The molecule has 0 bridgehead atoms. The molecule has 0 unspecified atom stereocenters. The fraction of sp³-hybridized carbons (Fsp3) is 0.353. The summed E-state index contributed by atoms with van der Waals surface area (Å²) in [5, 5.41) is 14.4. The van der Waals surface area contributed by atoms with E-state index in [0.717, 1.165) is 27.5 Å². The number of nitrogens with one attached hydrogen (secondary N) is 2. The normalized spacial score (nSPS) is 21.2. The van der Waals surface area contributed by atoms with Gasteiger partial charge in [0.2, 0.25) is 11.0 Å². The molecule has 8 nitrogen and oxygen atoms in total. The number of carbonyl (C=O) groups excluding carboxylic acids is 3. The highest BCUT2D eigenvalue weighted by molar-refractivity contribution is 7.15. The maximum absolute atomic E-state index is 13.0. The highest BCUT2D eigenvalue weighted by atomic mass is 32.1. The van der Waals surface area contributed by atoms with Crippen molar-refractivity contribution in [2.24, 2.45) is 0 Å². The summed E-state index contributed by atoms with van der Waals surface area (Å²) >= 11 is 1.27. The first-order chi connectivity index (χ1) is 12.5. The first kappa shape index (κ1) is 16.6. The first-order valence-electron chi connectivity index (χ1n) is 8.38. The summed E-state index contributed by atoms with van der Waals surface area (Å²) < 4.78 is 0. The molecule has 1 aliphatic heterocycles. The second-order valence-electron chi connectivity index (χ2n) is 6.29. The lowest BCUT2D eigenvalue weighted by Gasteiger charge is -2.22. The zero-order valence-electron chi connectivity index (χ0n) is 14.1. The summed E-state index contributed by atoms with van der Waals surface area (Å²) in [7, 11) is 0. The summed E-state index contributed by atoms with van der Waals surface area (Å²) in [6, 6.07) is 7.03. The monoisotopic (exact) mass is 371 g/mol. The van der Waals surface area contributed by atoms with Crippen molar-refractivity contribution in [1.29, 1.82) is 0 Å². The molecule has 0 saturated carbocycles. The maximum Gasteiger partial charge on any atom is 0.325 e. The molecule has 2 N–H and O–H groups in total. The molecule has 1 saturated heterocycles. The van der Waals surface area contributed by atoms with Gasteiger partial charge < -0.3 is 5.32 Å². The van der Waals surface area contributed by atoms with Gasteiger partial charge in [0.1, 0.15) is 17.1 Å². The van der Waals surface area contributed by atoms with Crippen LogP contribution in [0.1, 0.15) is 29.5 Å². The molecule has 4 rings (SSSR count). The Bertz CT molecular complexity index is 911. The third kappa shape index (κ3) is 2.55. The number of rotatable bonds is 4. The van der Waals surface area contributed by atoms with Gasteiger partial charge in [0.15, 0.2) is 0 Å². The van der Waals surface area contributed by atoms with Crippen LogP contribution in [0, 0.1) is 0 Å². The van der Waals surface area contributed by atoms with Crippen LogP contribution in [0.2, 0.25) is 0 Å². The van der Waals surface area contributed by atoms with Gasteiger partial charge in [0, 0.05) is 0 Å². The van der Waals surface area contributed by atoms with Crippen molar-refractivity contribution >= 4 is 34.3 Å². The number of nitrogens with zero attached hydrogens (tertiary/aromatic N) is 3. The Balaban J connectivity index is 1.51. The Hall–Kier alpha value is -2.81. The molecule has 9 heteroatoms. The molecule has 1 fully saturated rings. The zero-order valence-corrected chi connectivity index (χ0v) is 14.9. The molecule has 2 aromatic rings. The smallest absolute Gasteiger partial charge is 0.319 e. The lowest BCUT2D eigenvalue weighted by molar-refractivity contribution is -0.134. The molecule has 4 amide bonds. The fourth-order valence-electron chi connectivity index (χ4n) is 3.48. The van der Waals surface area contributed by atoms with Crippen LogP contribution < -0.4 is 10.6 Å². The molecule has 0 radical (unpaired) electrons. The molecule has 1 aromatic carbocycles. The van der Waals surface area contributed by atoms with E-state index in [2.05, 4.69) is 20.8 Å². The van der Waals surface area contributed by atoms with Gasteiger partial charge in [-0.15, -0.1) is 10.2 Å². The molecule has 1 atom stereocenters. The van der Waals surface area contributed by atoms with Gasteiger partial charge in [0.05, 0.1) is 0 Å². The Morgan fingerprint density at radius 2 is 2.15 bits per heavy atom. The van der Waals surface area contributed by atoms with E-state index < -0.39 is 17.5 Å². The van der Waals surface area contributed by atoms with Crippen molar-refractivity contribution < 1.29 is 14.4 Å². The zero-order chi connectivity index (χ0) is 18.3. The maximum atomic E-state index is 13.0. The summed E-state index contributed by atoms with van der Waals surface area (Å²) in [6.45, 7) is 1.59. The minimum Gasteiger partial charge on any atom is -0.319 e. The van der Waals surface area contributed by atoms with Crippen LogP contribution in [0.15, 0.2) is 24.3 Å². The van der Waals surface area contributed by atoms with Gasteiger partial charge >= 0.3 is 6.03 Å². The lowest BCUT2D eigenvalue weighted by atomic mass is 9.92. The quantitative estimate of drug-likeness (QED) is 0.791. The van der Waals surface area contributed by atoms with Crippen LogP contribution in [0.3, 0.4) is 0 Å². The number of hydrogen-bond acceptors (Lipinski definition) is 6. The van der Waals surface area contributed by atoms with Crippen molar-refractivity contribution in [2.75, 3.05) is 11.9 Å². The van der Waals surface area contributed by atoms with Crippen LogP contribution >= 0.6 is 11.3 Å². The molecule has 26 heavy (non-hydrogen) atoms. The number of hydrogen-bond donors (Lipinski definition) is 2. The minimum atomic E-state index is -1.05. The van der Waals surface area contributed by atoms with Crippen molar-refractivity contribution in [1.82, 2.24) is 20.4 Å². The number of urea groups is 1. The van der Waals surface area contributed by atoms with Crippen molar-refractivity contribution in [3.63, 3.8) is 0 Å². The van der Waals surface area contributed by atoms with Gasteiger partial charge in [-0.1, -0.05) is 42.5 Å². The van der Waals surface area contributed by atoms with Crippen molar-refractivity contribution in [3.8, 4) is 0 Å². The van der Waals surface area contributed by atoms with E-state index >= 15 is 0 Å². The number of aromatic nitrogens is 2. The molecule has 134 valence electrons. The molecular formula is C17H17N5O3S. The van der Waals surface area contributed by atoms with Crippen LogP contribution in [-0.2, 0) is 28.0 Å². The van der Waals surface area contributed by atoms with Gasteiger partial charge in [0.25, 0.3) is 5.91 Å². The predicted molar refractivity (Wildman–Crippen MR) is 94.6 cm³/mol. The summed E-state index contributed by atoms with van der Waals surface area (Å²) in [4.78, 5) is 38.6. The largest absolute Gasteiger partial charge is 0.325 e. The Morgan fingerprint density at radius 1 is 1.35 bits per heavy atom. The van der Waals surface area contributed by atoms with E-state index in [1.54, 1.807) is 0 Å². The van der Waals surface area contributed by atoms with Gasteiger partial charge in [-0.25, -0.2) is 4.79 Å². The highest BCUT2D eigenvalue weighted by Gasteiger charge is 2.55. The topological polar surface area (TPSA) is 104 Å². The van der Waals surface area contributed by atoms with Crippen LogP contribution in [0.4, 0.5) is 9.93 Å². The summed E-state index contributed by atoms with van der Waals surface area (Å²) in [6.07, 6.45) is 1.95. The molecule has 2 heterocycles. The Morgan fingerprint density at radius 3 is 2.92 bits per heavy atom. The third-order valence-electron chi connectivity index (χ3n) is 4.74. The van der Waals surface area contributed by atoms with Gasteiger partial charge in [-0.3, -0.25) is 19.8 Å². The molecule has 2 aliphatic rings. The summed E-state index contributed by atoms with van der Waals surface area (Å²) in [5.74, 6) is -0.857. The number of carbonyl (C=O) groups is 3. The highest BCUT2D eigenvalue weighted by Crippen LogP contribution is 2.41. The van der Waals surface area contributed by atoms with Crippen molar-refractivity contribution in [3.05, 3.63) is 40.4 Å². The first-order valence-corrected chi connectivity index (χ1v) is 9.20. The number of imide groups is 1. The van der Waals surface area contributed by atoms with E-state index in [4.69, 9.17) is 0 Å². The van der Waals surface area contributed by atoms with E-state index in [9.17, 15) is 14.4 Å². The Kier molecular flexibility index (Phi) is 3.95. The average Bonchev–Trinajstić information content (AvgIpc) is 3.30. The second-order valence-corrected chi connectivity index (χ2v) is 7.35. The minimum absolute atomic E-state index is 0.352. The number of benzene rings is 1. The number of aryl methyl sites for hydroxylation is 2. The van der Waals surface area contributed by atoms with Gasteiger partial charge in [-0.2, -0.15) is 0 Å². The number of fused-ring (bicyclic) bond motifs is 2. The molecule has 1 spiro atoms. The van der Waals surface area contributed by atoms with E-state index in [1.807, 2.05) is 31.2 Å². The van der Waals surface area contributed by atoms with Crippen LogP contribution in [-0.4, -0.2) is 39.5 Å². The van der Waals surface area contributed by atoms with Crippen LogP contribution in [0.25, 0.3) is 0 Å². The van der Waals surface area contributed by atoms with Gasteiger partial charge in [-0.05, 0) is 30.4 Å². The number of anilines is 1. The summed E-state index contributed by atoms with van der Waals surface area (Å²) in [5.41, 5.74) is 0.817. The fourth-order valence-corrected chi connectivity index (χ4v) is 4.18. The van der Waals surface area contributed by atoms with E-state index in [0.29, 0.717) is 18.0 Å². The lowest BCUT2D eigenvalue weighted by Crippen LogP contribution is -2.42. The van der Waals surface area contributed by atoms with E-state index in [-0.39, 0.29) is 12.5 Å². The third-order valence-corrected chi connectivity index (χ3v) is 5.72. The second kappa shape index (κ2) is 6.17. The van der Waals surface area contributed by atoms with Crippen molar-refractivity contribution in [2.45, 2.75) is 31.7 Å². The molecule has 1 aliphatic carbocycles. The van der Waals surface area contributed by atoms with Crippen LogP contribution in [0.5, 0.6) is 0 Å². The standard InChI is InChI=1S/C17H17N5O3S/c1-2-13-20-21-15(26-13)18-12(23)9-22-14(24)17(19-16(22)25)8-7-10-5-3-4-6-11(10)17/h3-6H,2,7-9H2,1H3,(H,19,25)(H,18,21,23)/t17-/m0/s1. The SMILES string of the molecule is CCc1nnc(NC(=O)CN2C(=O)N[C@]3(CCc4ccccc43)C2=O)s1. The Labute approximate surface area is 153 Å². The average molecular weight is 371 g/mol. The molecule has 1 aromatic heterocycles. The predicted octanol–water partition coefficient (Wildman–Crippen LogP) is 1.43. The van der Waals surface area contributed by atoms with E-state index in [1.165, 1.54) is 11.3 Å². The number of amides is 4. The molecular weight excluding hydrogens is 354 g/mol.